The standard InChI is InChI=1S/C19H22N6O/c20-16-14-10-19(26-17(14)24-18(21)23-16)4-7-25(8-5-19)11-12-1-2-15-13(9-12)3-6-22-15/h1-3,6,9,22H,4-5,7-8,10-11H2,(H4,20,21,23,24). The number of hydrogen-bond acceptors (Lipinski definition) is 6. The maximum absolute atomic E-state index is 6.20. The molecule has 3 aromatic rings. The van der Waals surface area contributed by atoms with Gasteiger partial charge in [0, 0.05) is 50.6 Å². The van der Waals surface area contributed by atoms with Crippen LogP contribution in [0.25, 0.3) is 10.9 Å². The molecule has 7 heteroatoms. The summed E-state index contributed by atoms with van der Waals surface area (Å²) in [5.74, 6) is 1.20. The topological polar surface area (TPSA) is 106 Å². The summed E-state index contributed by atoms with van der Waals surface area (Å²) in [5.41, 5.74) is 14.9. The lowest BCUT2D eigenvalue weighted by Gasteiger charge is -2.38. The number of piperidine rings is 1. The van der Waals surface area contributed by atoms with Crippen molar-refractivity contribution in [2.45, 2.75) is 31.4 Å². The number of H-pyrrole nitrogens is 1. The van der Waals surface area contributed by atoms with Crippen molar-refractivity contribution in [1.82, 2.24) is 19.9 Å². The second-order valence-electron chi connectivity index (χ2n) is 7.39. The van der Waals surface area contributed by atoms with Gasteiger partial charge in [-0.15, -0.1) is 0 Å². The molecule has 0 aliphatic carbocycles. The second kappa shape index (κ2) is 5.60. The minimum Gasteiger partial charge on any atom is -0.470 e. The number of nitrogens with one attached hydrogen (secondary N) is 1. The Bertz CT molecular complexity index is 973. The van der Waals surface area contributed by atoms with Crippen LogP contribution in [0.4, 0.5) is 11.8 Å². The molecule has 5 N–H and O–H groups in total. The van der Waals surface area contributed by atoms with E-state index in [1.54, 1.807) is 0 Å². The average molecular weight is 350 g/mol. The van der Waals surface area contributed by atoms with E-state index in [9.17, 15) is 0 Å². The molecule has 5 rings (SSSR count). The first kappa shape index (κ1) is 15.5. The summed E-state index contributed by atoms with van der Waals surface area (Å²) < 4.78 is 6.20. The molecule has 134 valence electrons. The number of fused-ring (bicyclic) bond motifs is 2. The summed E-state index contributed by atoms with van der Waals surface area (Å²) >= 11 is 0. The number of likely N-dealkylation sites (tertiary alicyclic amines) is 1. The van der Waals surface area contributed by atoms with Crippen molar-refractivity contribution in [3.8, 4) is 5.88 Å². The van der Waals surface area contributed by atoms with Gasteiger partial charge >= 0.3 is 0 Å². The Morgan fingerprint density at radius 1 is 1.15 bits per heavy atom. The summed E-state index contributed by atoms with van der Waals surface area (Å²) in [7, 11) is 0. The van der Waals surface area contributed by atoms with Crippen molar-refractivity contribution in [2.75, 3.05) is 24.6 Å². The Labute approximate surface area is 151 Å². The van der Waals surface area contributed by atoms with E-state index >= 15 is 0 Å². The average Bonchev–Trinajstić information content (AvgIpc) is 3.21. The van der Waals surface area contributed by atoms with Gasteiger partial charge in [-0.05, 0) is 29.1 Å². The molecule has 0 unspecified atom stereocenters. The number of rotatable bonds is 2. The molecule has 0 atom stereocenters. The Hall–Kier alpha value is -2.80. The maximum Gasteiger partial charge on any atom is 0.225 e. The van der Waals surface area contributed by atoms with Gasteiger partial charge in [0.15, 0.2) is 0 Å². The first-order valence-electron chi connectivity index (χ1n) is 9.00. The summed E-state index contributed by atoms with van der Waals surface area (Å²) in [5, 5.41) is 1.26. The Balaban J connectivity index is 1.27. The van der Waals surface area contributed by atoms with E-state index in [-0.39, 0.29) is 11.5 Å². The van der Waals surface area contributed by atoms with Crippen molar-refractivity contribution in [3.05, 3.63) is 41.6 Å². The fraction of sp³-hybridized carbons (Fsp3) is 0.368. The SMILES string of the molecule is Nc1nc(N)c2c(n1)OC1(CCN(Cc3ccc4[nH]ccc4c3)CC1)C2. The molecule has 0 saturated carbocycles. The zero-order valence-corrected chi connectivity index (χ0v) is 14.5. The van der Waals surface area contributed by atoms with Gasteiger partial charge in [0.25, 0.3) is 0 Å². The number of nitrogen functional groups attached to an aromatic ring is 2. The lowest BCUT2D eigenvalue weighted by atomic mass is 9.87. The number of aromatic nitrogens is 3. The molecular weight excluding hydrogens is 328 g/mol. The lowest BCUT2D eigenvalue weighted by molar-refractivity contribution is 0.0145. The Morgan fingerprint density at radius 2 is 2.00 bits per heavy atom. The highest BCUT2D eigenvalue weighted by Gasteiger charge is 2.44. The molecule has 1 saturated heterocycles. The number of anilines is 2. The van der Waals surface area contributed by atoms with Gasteiger partial charge in [0.2, 0.25) is 11.8 Å². The van der Waals surface area contributed by atoms with Crippen molar-refractivity contribution < 1.29 is 4.74 Å². The molecular formula is C19H22N6O. The van der Waals surface area contributed by atoms with Crippen LogP contribution in [0.15, 0.2) is 30.5 Å². The highest BCUT2D eigenvalue weighted by molar-refractivity contribution is 5.79. The molecule has 26 heavy (non-hydrogen) atoms. The Kier molecular flexibility index (Phi) is 3.33. The minimum atomic E-state index is -0.208. The molecule has 0 amide bonds. The first-order chi connectivity index (χ1) is 12.6. The molecule has 2 aliphatic heterocycles. The number of hydrogen-bond donors (Lipinski definition) is 3. The van der Waals surface area contributed by atoms with Gasteiger partial charge in [0.1, 0.15) is 11.4 Å². The minimum absolute atomic E-state index is 0.177. The van der Waals surface area contributed by atoms with E-state index < -0.39 is 0 Å². The number of aromatic amines is 1. The first-order valence-corrected chi connectivity index (χ1v) is 9.00. The normalized spacial score (nSPS) is 18.9. The smallest absolute Gasteiger partial charge is 0.225 e. The van der Waals surface area contributed by atoms with Crippen LogP contribution in [0, 0.1) is 0 Å². The van der Waals surface area contributed by atoms with Crippen LogP contribution < -0.4 is 16.2 Å². The third-order valence-corrected chi connectivity index (χ3v) is 5.62. The van der Waals surface area contributed by atoms with E-state index in [4.69, 9.17) is 16.2 Å². The maximum atomic E-state index is 6.20. The van der Waals surface area contributed by atoms with Gasteiger partial charge in [-0.2, -0.15) is 9.97 Å². The third-order valence-electron chi connectivity index (χ3n) is 5.62. The fourth-order valence-electron chi connectivity index (χ4n) is 4.17. The van der Waals surface area contributed by atoms with Crippen molar-refractivity contribution >= 4 is 22.7 Å². The second-order valence-corrected chi connectivity index (χ2v) is 7.39. The van der Waals surface area contributed by atoms with Crippen LogP contribution in [-0.4, -0.2) is 38.5 Å². The van der Waals surface area contributed by atoms with E-state index in [1.165, 1.54) is 16.5 Å². The summed E-state index contributed by atoms with van der Waals surface area (Å²) in [4.78, 5) is 14.0. The monoisotopic (exact) mass is 350 g/mol. The van der Waals surface area contributed by atoms with Crippen LogP contribution in [0.1, 0.15) is 24.0 Å². The summed E-state index contributed by atoms with van der Waals surface area (Å²) in [6.45, 7) is 2.93. The van der Waals surface area contributed by atoms with Crippen molar-refractivity contribution in [3.63, 3.8) is 0 Å². The molecule has 4 heterocycles. The highest BCUT2D eigenvalue weighted by Crippen LogP contribution is 2.42. The van der Waals surface area contributed by atoms with Crippen LogP contribution >= 0.6 is 0 Å². The van der Waals surface area contributed by atoms with E-state index in [0.29, 0.717) is 11.7 Å². The number of nitrogens with two attached hydrogens (primary N) is 2. The van der Waals surface area contributed by atoms with Gasteiger partial charge in [0.05, 0.1) is 5.56 Å². The molecule has 0 bridgehead atoms. The van der Waals surface area contributed by atoms with Crippen molar-refractivity contribution in [2.24, 2.45) is 0 Å². The number of nitrogens with zero attached hydrogens (tertiary/aromatic N) is 3. The van der Waals surface area contributed by atoms with Gasteiger partial charge in [-0.1, -0.05) is 6.07 Å². The van der Waals surface area contributed by atoms with Gasteiger partial charge in [-0.25, -0.2) is 0 Å². The Morgan fingerprint density at radius 3 is 2.85 bits per heavy atom. The van der Waals surface area contributed by atoms with Crippen LogP contribution in [-0.2, 0) is 13.0 Å². The largest absolute Gasteiger partial charge is 0.470 e. The fourth-order valence-corrected chi connectivity index (χ4v) is 4.17. The van der Waals surface area contributed by atoms with Gasteiger partial charge in [-0.3, -0.25) is 4.90 Å². The molecule has 7 nitrogen and oxygen atoms in total. The molecule has 1 fully saturated rings. The van der Waals surface area contributed by atoms with Crippen LogP contribution in [0.2, 0.25) is 0 Å². The predicted molar refractivity (Wildman–Crippen MR) is 101 cm³/mol. The van der Waals surface area contributed by atoms with Crippen LogP contribution in [0.5, 0.6) is 5.88 Å². The zero-order valence-electron chi connectivity index (χ0n) is 14.5. The number of benzene rings is 1. The van der Waals surface area contributed by atoms with E-state index in [0.717, 1.165) is 44.5 Å². The quantitative estimate of drug-likeness (QED) is 0.653. The number of ether oxygens (including phenoxy) is 1. The molecule has 2 aliphatic rings. The summed E-state index contributed by atoms with van der Waals surface area (Å²) in [6, 6.07) is 8.73. The highest BCUT2D eigenvalue weighted by atomic mass is 16.5. The molecule has 1 aromatic carbocycles. The molecule has 2 aromatic heterocycles. The molecule has 0 radical (unpaired) electrons. The van der Waals surface area contributed by atoms with Crippen LogP contribution in [0.3, 0.4) is 0 Å². The molecule has 1 spiro atoms. The van der Waals surface area contributed by atoms with Crippen molar-refractivity contribution in [1.29, 1.82) is 0 Å². The van der Waals surface area contributed by atoms with E-state index in [1.807, 2.05) is 6.20 Å². The predicted octanol–water partition coefficient (Wildman–Crippen LogP) is 2.09. The van der Waals surface area contributed by atoms with Gasteiger partial charge < -0.3 is 21.2 Å². The lowest BCUT2D eigenvalue weighted by Crippen LogP contribution is -2.47. The third kappa shape index (κ3) is 2.55. The summed E-state index contributed by atoms with van der Waals surface area (Å²) in [6.07, 6.45) is 4.66. The van der Waals surface area contributed by atoms with E-state index in [2.05, 4.69) is 44.1 Å². The zero-order chi connectivity index (χ0) is 17.7.